The largest absolute Gasteiger partial charge is 0.339 e. The molecule has 4 rings (SSSR count). The molecular formula is C24H35N5O3S2. The third-order valence-corrected chi connectivity index (χ3v) is 9.66. The van der Waals surface area contributed by atoms with Crippen LogP contribution in [0.15, 0.2) is 34.3 Å². The highest BCUT2D eigenvalue weighted by atomic mass is 32.2. The predicted molar refractivity (Wildman–Crippen MR) is 134 cm³/mol. The van der Waals surface area contributed by atoms with Gasteiger partial charge in [0.15, 0.2) is 11.0 Å². The van der Waals surface area contributed by atoms with Crippen molar-refractivity contribution in [1.82, 2.24) is 24.0 Å². The van der Waals surface area contributed by atoms with E-state index in [2.05, 4.69) is 17.1 Å². The van der Waals surface area contributed by atoms with Crippen LogP contribution in [-0.2, 0) is 21.4 Å². The van der Waals surface area contributed by atoms with Crippen molar-refractivity contribution in [3.05, 3.63) is 24.3 Å². The molecular weight excluding hydrogens is 470 g/mol. The summed E-state index contributed by atoms with van der Waals surface area (Å²) in [5.41, 5.74) is 0.812. The Balaban J connectivity index is 1.46. The van der Waals surface area contributed by atoms with Crippen molar-refractivity contribution in [1.29, 1.82) is 0 Å². The molecule has 2 aromatic rings. The van der Waals surface area contributed by atoms with Crippen LogP contribution in [0.3, 0.4) is 0 Å². The molecule has 0 bridgehead atoms. The van der Waals surface area contributed by atoms with Gasteiger partial charge in [-0.3, -0.25) is 4.79 Å². The molecule has 1 amide bonds. The number of amides is 1. The second-order valence-corrected chi connectivity index (χ2v) is 12.0. The first-order chi connectivity index (χ1) is 16.4. The van der Waals surface area contributed by atoms with E-state index >= 15 is 0 Å². The van der Waals surface area contributed by atoms with Gasteiger partial charge in [0.25, 0.3) is 0 Å². The first kappa shape index (κ1) is 25.2. The number of aromatic nitrogens is 3. The van der Waals surface area contributed by atoms with E-state index in [1.165, 1.54) is 18.2 Å². The average Bonchev–Trinajstić information content (AvgIpc) is 3.05. The van der Waals surface area contributed by atoms with E-state index in [1.807, 2.05) is 16.4 Å². The molecule has 2 aliphatic heterocycles. The molecule has 1 atom stereocenters. The number of hydrogen-bond donors (Lipinski definition) is 0. The number of likely N-dealkylation sites (tertiary alicyclic amines) is 1. The van der Waals surface area contributed by atoms with Gasteiger partial charge >= 0.3 is 0 Å². The summed E-state index contributed by atoms with van der Waals surface area (Å²) < 4.78 is 29.7. The van der Waals surface area contributed by atoms with Gasteiger partial charge in [-0.1, -0.05) is 24.6 Å². The van der Waals surface area contributed by atoms with E-state index in [4.69, 9.17) is 0 Å². The third kappa shape index (κ3) is 5.49. The molecule has 0 spiro atoms. The highest BCUT2D eigenvalue weighted by Crippen LogP contribution is 2.27. The number of rotatable bonds is 7. The van der Waals surface area contributed by atoms with Crippen LogP contribution < -0.4 is 0 Å². The van der Waals surface area contributed by atoms with Crippen LogP contribution in [0.4, 0.5) is 0 Å². The highest BCUT2D eigenvalue weighted by Gasteiger charge is 2.26. The Kier molecular flexibility index (Phi) is 8.31. The molecule has 2 fully saturated rings. The van der Waals surface area contributed by atoms with Crippen LogP contribution in [-0.4, -0.2) is 69.7 Å². The number of piperidine rings is 1. The summed E-state index contributed by atoms with van der Waals surface area (Å²) in [6.07, 6.45) is 7.31. The van der Waals surface area contributed by atoms with Crippen molar-refractivity contribution in [2.45, 2.75) is 81.4 Å². The standard InChI is InChI=1S/C24H35N5O3S2/c1-3-28-23(25-26-24(28)33-18-22(30)29-17-9-6-10-19(29)2)20-11-13-21(14-12-20)34(31,32)27-15-7-4-5-8-16-27/h11-14,19H,3-10,15-18H2,1-2H3. The van der Waals surface area contributed by atoms with Crippen molar-refractivity contribution in [2.75, 3.05) is 25.4 Å². The Morgan fingerprint density at radius 2 is 1.68 bits per heavy atom. The molecule has 0 saturated carbocycles. The van der Waals surface area contributed by atoms with Gasteiger partial charge < -0.3 is 9.47 Å². The van der Waals surface area contributed by atoms with Crippen LogP contribution in [0, 0.1) is 0 Å². The van der Waals surface area contributed by atoms with Gasteiger partial charge in [-0.2, -0.15) is 4.31 Å². The summed E-state index contributed by atoms with van der Waals surface area (Å²) >= 11 is 1.41. The summed E-state index contributed by atoms with van der Waals surface area (Å²) in [6, 6.07) is 7.23. The molecule has 1 aromatic carbocycles. The fourth-order valence-electron chi connectivity index (χ4n) is 4.78. The van der Waals surface area contributed by atoms with Gasteiger partial charge in [0.2, 0.25) is 15.9 Å². The summed E-state index contributed by atoms with van der Waals surface area (Å²) in [7, 11) is -3.48. The molecule has 2 saturated heterocycles. The monoisotopic (exact) mass is 505 g/mol. The zero-order chi connectivity index (χ0) is 24.1. The molecule has 1 unspecified atom stereocenters. The van der Waals surface area contributed by atoms with Gasteiger partial charge in [-0.15, -0.1) is 10.2 Å². The second-order valence-electron chi connectivity index (χ2n) is 9.11. The lowest BCUT2D eigenvalue weighted by atomic mass is 10.0. The fraction of sp³-hybridized carbons (Fsp3) is 0.625. The number of benzene rings is 1. The van der Waals surface area contributed by atoms with Crippen molar-refractivity contribution in [3.63, 3.8) is 0 Å². The first-order valence-corrected chi connectivity index (χ1v) is 14.8. The zero-order valence-corrected chi connectivity index (χ0v) is 21.8. The van der Waals surface area contributed by atoms with E-state index in [-0.39, 0.29) is 5.91 Å². The minimum atomic E-state index is -3.48. The molecule has 0 radical (unpaired) electrons. The zero-order valence-electron chi connectivity index (χ0n) is 20.1. The molecule has 0 aliphatic carbocycles. The summed E-state index contributed by atoms with van der Waals surface area (Å²) in [6.45, 7) is 6.80. The summed E-state index contributed by atoms with van der Waals surface area (Å²) in [4.78, 5) is 15.0. The number of carbonyl (C=O) groups is 1. The van der Waals surface area contributed by atoms with Crippen molar-refractivity contribution in [3.8, 4) is 11.4 Å². The van der Waals surface area contributed by atoms with Crippen LogP contribution in [0.1, 0.15) is 58.8 Å². The lowest BCUT2D eigenvalue weighted by Gasteiger charge is -2.33. The van der Waals surface area contributed by atoms with Crippen LogP contribution >= 0.6 is 11.8 Å². The number of nitrogens with zero attached hydrogens (tertiary/aromatic N) is 5. The van der Waals surface area contributed by atoms with Gasteiger partial charge in [0, 0.05) is 37.8 Å². The van der Waals surface area contributed by atoms with Crippen LogP contribution in [0.5, 0.6) is 0 Å². The Morgan fingerprint density at radius 3 is 2.32 bits per heavy atom. The Labute approximate surface area is 207 Å². The summed E-state index contributed by atoms with van der Waals surface area (Å²) in [5.74, 6) is 1.17. The quantitative estimate of drug-likeness (QED) is 0.528. The van der Waals surface area contributed by atoms with Crippen molar-refractivity contribution >= 4 is 27.7 Å². The maximum absolute atomic E-state index is 13.1. The Morgan fingerprint density at radius 1 is 1.00 bits per heavy atom. The third-order valence-electron chi connectivity index (χ3n) is 6.80. The normalized spacial score (nSPS) is 20.3. The van der Waals surface area contributed by atoms with E-state index in [0.29, 0.717) is 47.3 Å². The minimum absolute atomic E-state index is 0.146. The average molecular weight is 506 g/mol. The summed E-state index contributed by atoms with van der Waals surface area (Å²) in [5, 5.41) is 9.40. The smallest absolute Gasteiger partial charge is 0.243 e. The topological polar surface area (TPSA) is 88.4 Å². The number of hydrogen-bond acceptors (Lipinski definition) is 6. The lowest BCUT2D eigenvalue weighted by molar-refractivity contribution is -0.131. The molecule has 34 heavy (non-hydrogen) atoms. The first-order valence-electron chi connectivity index (χ1n) is 12.4. The predicted octanol–water partition coefficient (Wildman–Crippen LogP) is 4.02. The van der Waals surface area contributed by atoms with Gasteiger partial charge in [0.1, 0.15) is 0 Å². The highest BCUT2D eigenvalue weighted by molar-refractivity contribution is 7.99. The van der Waals surface area contributed by atoms with Gasteiger partial charge in [-0.25, -0.2) is 8.42 Å². The molecule has 8 nitrogen and oxygen atoms in total. The minimum Gasteiger partial charge on any atom is -0.339 e. The lowest BCUT2D eigenvalue weighted by Crippen LogP contribution is -2.43. The number of carbonyl (C=O) groups excluding carboxylic acids is 1. The maximum Gasteiger partial charge on any atom is 0.243 e. The van der Waals surface area contributed by atoms with Crippen LogP contribution in [0.25, 0.3) is 11.4 Å². The van der Waals surface area contributed by atoms with Crippen LogP contribution in [0.2, 0.25) is 0 Å². The Hall–Kier alpha value is -1.91. The molecule has 10 heteroatoms. The van der Waals surface area contributed by atoms with Gasteiger partial charge in [-0.05, 0) is 70.2 Å². The van der Waals surface area contributed by atoms with E-state index in [9.17, 15) is 13.2 Å². The molecule has 1 aromatic heterocycles. The molecule has 0 N–H and O–H groups in total. The fourth-order valence-corrected chi connectivity index (χ4v) is 7.18. The van der Waals surface area contributed by atoms with Crippen molar-refractivity contribution in [2.24, 2.45) is 0 Å². The maximum atomic E-state index is 13.1. The SMILES string of the molecule is CCn1c(SCC(=O)N2CCCCC2C)nnc1-c1ccc(S(=O)(=O)N2CCCCCC2)cc1. The van der Waals surface area contributed by atoms with E-state index in [1.54, 1.807) is 28.6 Å². The number of thioether (sulfide) groups is 1. The molecule has 186 valence electrons. The number of sulfonamides is 1. The van der Waals surface area contributed by atoms with Gasteiger partial charge in [0.05, 0.1) is 10.6 Å². The molecule has 3 heterocycles. The molecule has 2 aliphatic rings. The van der Waals surface area contributed by atoms with E-state index in [0.717, 1.165) is 50.6 Å². The second kappa shape index (κ2) is 11.2. The van der Waals surface area contributed by atoms with E-state index < -0.39 is 10.0 Å². The Bertz CT molecular complexity index is 1080. The van der Waals surface area contributed by atoms with Crippen molar-refractivity contribution < 1.29 is 13.2 Å².